The molecule has 23 heavy (non-hydrogen) atoms. The topological polar surface area (TPSA) is 81.5 Å². The number of nitro groups is 1. The van der Waals surface area contributed by atoms with E-state index in [1.807, 2.05) is 0 Å². The number of nitrogens with one attached hydrogen (secondary N) is 1. The van der Waals surface area contributed by atoms with E-state index in [1.165, 1.54) is 37.8 Å². The van der Waals surface area contributed by atoms with Crippen LogP contribution in [0.3, 0.4) is 0 Å². The molecule has 2 saturated carbocycles. The number of carbonyl (C=O) groups is 1. The van der Waals surface area contributed by atoms with Crippen LogP contribution in [0.1, 0.15) is 32.6 Å². The zero-order valence-corrected chi connectivity index (χ0v) is 13.2. The predicted octanol–water partition coefficient (Wildman–Crippen LogP) is 2.91. The maximum Gasteiger partial charge on any atom is 0.273 e. The van der Waals surface area contributed by atoms with E-state index in [0.717, 1.165) is 11.8 Å². The Morgan fingerprint density at radius 1 is 1.43 bits per heavy atom. The van der Waals surface area contributed by atoms with Gasteiger partial charge in [-0.2, -0.15) is 0 Å². The van der Waals surface area contributed by atoms with Crippen LogP contribution in [0.5, 0.6) is 5.75 Å². The van der Waals surface area contributed by atoms with E-state index in [1.54, 1.807) is 12.1 Å². The van der Waals surface area contributed by atoms with Gasteiger partial charge in [0.25, 0.3) is 11.6 Å². The molecule has 0 spiro atoms. The van der Waals surface area contributed by atoms with Crippen molar-refractivity contribution in [2.45, 2.75) is 38.6 Å². The third-order valence-electron chi connectivity index (χ3n) is 5.22. The first-order valence-corrected chi connectivity index (χ1v) is 8.19. The number of hydrogen-bond acceptors (Lipinski definition) is 4. The standard InChI is InChI=1S/C17H22N2O4/c1-11(16-8-12-5-6-13(16)7-12)18-17(20)10-23-15-4-2-3-14(9-15)19(21)22/h2-4,9,11-13,16H,5-8,10H2,1H3,(H,18,20). The van der Waals surface area contributed by atoms with Gasteiger partial charge in [0.15, 0.2) is 6.61 Å². The summed E-state index contributed by atoms with van der Waals surface area (Å²) in [5.74, 6) is 2.35. The molecule has 1 aromatic rings. The maximum atomic E-state index is 12.0. The minimum atomic E-state index is -0.482. The maximum absolute atomic E-state index is 12.0. The molecular formula is C17H22N2O4. The zero-order chi connectivity index (χ0) is 16.4. The normalized spacial score (nSPS) is 26.7. The second-order valence-corrected chi connectivity index (χ2v) is 6.74. The van der Waals surface area contributed by atoms with E-state index in [0.29, 0.717) is 11.7 Å². The Morgan fingerprint density at radius 2 is 2.26 bits per heavy atom. The van der Waals surface area contributed by atoms with Crippen LogP contribution >= 0.6 is 0 Å². The Hall–Kier alpha value is -2.11. The van der Waals surface area contributed by atoms with Crippen molar-refractivity contribution in [2.75, 3.05) is 6.61 Å². The summed E-state index contributed by atoms with van der Waals surface area (Å²) >= 11 is 0. The van der Waals surface area contributed by atoms with Crippen LogP contribution < -0.4 is 10.1 Å². The first-order chi connectivity index (χ1) is 11.0. The molecule has 0 radical (unpaired) electrons. The van der Waals surface area contributed by atoms with Crippen molar-refractivity contribution < 1.29 is 14.5 Å². The summed E-state index contributed by atoms with van der Waals surface area (Å²) in [5.41, 5.74) is -0.0433. The molecule has 6 heteroatoms. The molecule has 0 aromatic heterocycles. The molecule has 2 aliphatic rings. The first kappa shape index (κ1) is 15.8. The molecule has 124 valence electrons. The van der Waals surface area contributed by atoms with E-state index in [9.17, 15) is 14.9 Å². The molecule has 2 aliphatic carbocycles. The number of rotatable bonds is 6. The van der Waals surface area contributed by atoms with Crippen LogP contribution in [0.4, 0.5) is 5.69 Å². The van der Waals surface area contributed by atoms with Gasteiger partial charge in [-0.05, 0) is 50.0 Å². The van der Waals surface area contributed by atoms with Gasteiger partial charge in [0, 0.05) is 12.1 Å². The van der Waals surface area contributed by atoms with Gasteiger partial charge in [-0.3, -0.25) is 14.9 Å². The summed E-state index contributed by atoms with van der Waals surface area (Å²) in [6.07, 6.45) is 5.17. The molecule has 4 atom stereocenters. The Bertz CT molecular complexity index is 604. The fourth-order valence-corrected chi connectivity index (χ4v) is 4.14. The molecule has 0 aliphatic heterocycles. The summed E-state index contributed by atoms with van der Waals surface area (Å²) in [6, 6.07) is 6.03. The Labute approximate surface area is 135 Å². The average molecular weight is 318 g/mol. The fourth-order valence-electron chi connectivity index (χ4n) is 4.14. The Balaban J connectivity index is 1.48. The van der Waals surface area contributed by atoms with E-state index < -0.39 is 4.92 Å². The third kappa shape index (κ3) is 3.63. The molecule has 0 heterocycles. The summed E-state index contributed by atoms with van der Waals surface area (Å²) in [7, 11) is 0. The highest BCUT2D eigenvalue weighted by Gasteiger charge is 2.42. The Morgan fingerprint density at radius 3 is 2.91 bits per heavy atom. The number of ether oxygens (including phenoxy) is 1. The van der Waals surface area contributed by atoms with Crippen molar-refractivity contribution in [3.8, 4) is 5.75 Å². The predicted molar refractivity (Wildman–Crippen MR) is 85.1 cm³/mol. The molecule has 4 unspecified atom stereocenters. The van der Waals surface area contributed by atoms with E-state index in [2.05, 4.69) is 12.2 Å². The lowest BCUT2D eigenvalue weighted by Crippen LogP contribution is -2.42. The lowest BCUT2D eigenvalue weighted by atomic mass is 9.84. The van der Waals surface area contributed by atoms with Crippen molar-refractivity contribution in [2.24, 2.45) is 17.8 Å². The summed E-state index contributed by atoms with van der Waals surface area (Å²) in [5, 5.41) is 13.7. The highest BCUT2D eigenvalue weighted by Crippen LogP contribution is 2.49. The summed E-state index contributed by atoms with van der Waals surface area (Å²) in [6.45, 7) is 1.95. The third-order valence-corrected chi connectivity index (χ3v) is 5.22. The van der Waals surface area contributed by atoms with Crippen molar-refractivity contribution in [1.29, 1.82) is 0 Å². The number of nitrogens with zero attached hydrogens (tertiary/aromatic N) is 1. The highest BCUT2D eigenvalue weighted by atomic mass is 16.6. The van der Waals surface area contributed by atoms with Gasteiger partial charge < -0.3 is 10.1 Å². The number of fused-ring (bicyclic) bond motifs is 2. The highest BCUT2D eigenvalue weighted by molar-refractivity contribution is 5.77. The SMILES string of the molecule is CC(NC(=O)COc1cccc([N+](=O)[O-])c1)C1CC2CCC1C2. The van der Waals surface area contributed by atoms with Gasteiger partial charge in [-0.1, -0.05) is 12.5 Å². The van der Waals surface area contributed by atoms with Crippen LogP contribution in [-0.2, 0) is 4.79 Å². The number of benzene rings is 1. The number of hydrogen-bond donors (Lipinski definition) is 1. The smallest absolute Gasteiger partial charge is 0.273 e. The molecule has 2 fully saturated rings. The molecule has 0 saturated heterocycles. The van der Waals surface area contributed by atoms with Gasteiger partial charge in [-0.25, -0.2) is 0 Å². The van der Waals surface area contributed by atoms with E-state index in [4.69, 9.17) is 4.74 Å². The van der Waals surface area contributed by atoms with Crippen molar-refractivity contribution in [3.63, 3.8) is 0 Å². The summed E-state index contributed by atoms with van der Waals surface area (Å²) < 4.78 is 5.37. The molecule has 1 aromatic carbocycles. The van der Waals surface area contributed by atoms with Gasteiger partial charge in [0.05, 0.1) is 11.0 Å². The largest absolute Gasteiger partial charge is 0.484 e. The van der Waals surface area contributed by atoms with Crippen LogP contribution in [0.15, 0.2) is 24.3 Å². The number of nitro benzene ring substituents is 1. The minimum Gasteiger partial charge on any atom is -0.484 e. The second-order valence-electron chi connectivity index (χ2n) is 6.74. The van der Waals surface area contributed by atoms with Gasteiger partial charge in [-0.15, -0.1) is 0 Å². The summed E-state index contributed by atoms with van der Waals surface area (Å²) in [4.78, 5) is 22.3. The minimum absolute atomic E-state index is 0.0433. The molecule has 6 nitrogen and oxygen atoms in total. The van der Waals surface area contributed by atoms with Crippen LogP contribution in [-0.4, -0.2) is 23.5 Å². The van der Waals surface area contributed by atoms with Crippen molar-refractivity contribution >= 4 is 11.6 Å². The fraction of sp³-hybridized carbons (Fsp3) is 0.588. The van der Waals surface area contributed by atoms with Crippen LogP contribution in [0.2, 0.25) is 0 Å². The van der Waals surface area contributed by atoms with E-state index >= 15 is 0 Å². The van der Waals surface area contributed by atoms with Gasteiger partial charge in [0.2, 0.25) is 0 Å². The molecular weight excluding hydrogens is 296 g/mol. The zero-order valence-electron chi connectivity index (χ0n) is 13.2. The number of non-ortho nitro benzene ring substituents is 1. The van der Waals surface area contributed by atoms with Gasteiger partial charge in [0.1, 0.15) is 5.75 Å². The average Bonchev–Trinajstić information content (AvgIpc) is 3.16. The van der Waals surface area contributed by atoms with E-state index in [-0.39, 0.29) is 24.2 Å². The molecule has 1 amide bonds. The molecule has 1 N–H and O–H groups in total. The number of amides is 1. The van der Waals surface area contributed by atoms with Crippen LogP contribution in [0, 0.1) is 27.9 Å². The second kappa shape index (κ2) is 6.56. The first-order valence-electron chi connectivity index (χ1n) is 8.19. The molecule has 2 bridgehead atoms. The lowest BCUT2D eigenvalue weighted by Gasteiger charge is -2.28. The molecule has 3 rings (SSSR count). The van der Waals surface area contributed by atoms with Gasteiger partial charge >= 0.3 is 0 Å². The number of carbonyl (C=O) groups excluding carboxylic acids is 1. The monoisotopic (exact) mass is 318 g/mol. The van der Waals surface area contributed by atoms with Crippen molar-refractivity contribution in [1.82, 2.24) is 5.32 Å². The van der Waals surface area contributed by atoms with Crippen LogP contribution in [0.25, 0.3) is 0 Å². The van der Waals surface area contributed by atoms with Crippen molar-refractivity contribution in [3.05, 3.63) is 34.4 Å². The Kier molecular flexibility index (Phi) is 4.50. The lowest BCUT2D eigenvalue weighted by molar-refractivity contribution is -0.384. The quantitative estimate of drug-likeness (QED) is 0.646.